The van der Waals surface area contributed by atoms with Crippen LogP contribution in [0.1, 0.15) is 56.8 Å². The van der Waals surface area contributed by atoms with Crippen molar-refractivity contribution in [3.63, 3.8) is 0 Å². The number of hydrogen-bond donors (Lipinski definition) is 3. The number of rotatable bonds is 6. The predicted molar refractivity (Wildman–Crippen MR) is 86.8 cm³/mol. The van der Waals surface area contributed by atoms with Crippen molar-refractivity contribution in [2.75, 3.05) is 24.2 Å². The van der Waals surface area contributed by atoms with E-state index in [-0.39, 0.29) is 0 Å². The molecule has 21 heavy (non-hydrogen) atoms. The van der Waals surface area contributed by atoms with Crippen LogP contribution < -0.4 is 10.6 Å². The summed E-state index contributed by atoms with van der Waals surface area (Å²) >= 11 is 0. The summed E-state index contributed by atoms with van der Waals surface area (Å²) in [6.07, 6.45) is 7.12. The summed E-state index contributed by atoms with van der Waals surface area (Å²) in [5.74, 6) is 2.56. The Balaban J connectivity index is 2.12. The second kappa shape index (κ2) is 7.07. The lowest BCUT2D eigenvalue weighted by atomic mass is 9.85. The number of nitrogens with zero attached hydrogens (tertiary/aromatic N) is 2. The first-order valence-electron chi connectivity index (χ1n) is 8.09. The molecule has 2 rings (SSSR count). The molecule has 1 heterocycles. The number of hydrogen-bond acceptors (Lipinski definition) is 5. The Morgan fingerprint density at radius 1 is 1.14 bits per heavy atom. The van der Waals surface area contributed by atoms with E-state index in [4.69, 9.17) is 0 Å². The molecule has 1 aromatic rings. The van der Waals surface area contributed by atoms with Gasteiger partial charge in [0, 0.05) is 25.6 Å². The van der Waals surface area contributed by atoms with E-state index in [1.165, 1.54) is 6.42 Å². The molecule has 1 aliphatic rings. The van der Waals surface area contributed by atoms with Crippen molar-refractivity contribution < 1.29 is 5.11 Å². The van der Waals surface area contributed by atoms with E-state index in [0.29, 0.717) is 6.54 Å². The zero-order valence-electron chi connectivity index (χ0n) is 13.5. The molecule has 3 N–H and O–H groups in total. The lowest BCUT2D eigenvalue weighted by Crippen LogP contribution is -2.39. The molecule has 1 aromatic heterocycles. The first-order valence-corrected chi connectivity index (χ1v) is 8.09. The Hall–Kier alpha value is -1.36. The first-order chi connectivity index (χ1) is 10.1. The van der Waals surface area contributed by atoms with Crippen molar-refractivity contribution in [1.82, 2.24) is 9.97 Å². The Labute approximate surface area is 127 Å². The summed E-state index contributed by atoms with van der Waals surface area (Å²) in [6.45, 7) is 4.70. The van der Waals surface area contributed by atoms with Crippen molar-refractivity contribution >= 4 is 11.6 Å². The van der Waals surface area contributed by atoms with Crippen molar-refractivity contribution in [2.24, 2.45) is 0 Å². The minimum Gasteiger partial charge on any atom is -0.388 e. The number of aliphatic hydroxyl groups is 1. The van der Waals surface area contributed by atoms with Crippen LogP contribution in [0.15, 0.2) is 0 Å². The van der Waals surface area contributed by atoms with Crippen molar-refractivity contribution in [3.8, 4) is 0 Å². The quantitative estimate of drug-likeness (QED) is 0.752. The Morgan fingerprint density at radius 3 is 2.43 bits per heavy atom. The fourth-order valence-corrected chi connectivity index (χ4v) is 2.95. The summed E-state index contributed by atoms with van der Waals surface area (Å²) in [6, 6.07) is 0. The zero-order valence-corrected chi connectivity index (χ0v) is 13.5. The van der Waals surface area contributed by atoms with Crippen LogP contribution >= 0.6 is 0 Å². The molecule has 1 fully saturated rings. The Morgan fingerprint density at radius 2 is 1.81 bits per heavy atom. The van der Waals surface area contributed by atoms with Gasteiger partial charge in [-0.2, -0.15) is 0 Å². The second-order valence-corrected chi connectivity index (χ2v) is 6.10. The minimum absolute atomic E-state index is 0.569. The highest BCUT2D eigenvalue weighted by Crippen LogP contribution is 2.29. The van der Waals surface area contributed by atoms with Crippen LogP contribution in [-0.2, 0) is 6.42 Å². The third-order valence-electron chi connectivity index (χ3n) is 4.27. The minimum atomic E-state index is -0.583. The molecular formula is C16H28N4O. The number of anilines is 2. The summed E-state index contributed by atoms with van der Waals surface area (Å²) < 4.78 is 0. The van der Waals surface area contributed by atoms with Gasteiger partial charge in [-0.05, 0) is 26.2 Å². The molecule has 0 spiro atoms. The van der Waals surface area contributed by atoms with Gasteiger partial charge < -0.3 is 15.7 Å². The van der Waals surface area contributed by atoms with Gasteiger partial charge in [0.2, 0.25) is 0 Å². The van der Waals surface area contributed by atoms with E-state index < -0.39 is 5.60 Å². The third-order valence-corrected chi connectivity index (χ3v) is 4.27. The normalized spacial score (nSPS) is 17.5. The molecule has 118 valence electrons. The van der Waals surface area contributed by atoms with Crippen LogP contribution in [0.4, 0.5) is 11.6 Å². The van der Waals surface area contributed by atoms with E-state index in [2.05, 4.69) is 27.5 Å². The summed E-state index contributed by atoms with van der Waals surface area (Å²) in [7, 11) is 1.88. The molecule has 1 saturated carbocycles. The number of nitrogens with one attached hydrogen (secondary N) is 2. The lowest BCUT2D eigenvalue weighted by molar-refractivity contribution is 0.0166. The van der Waals surface area contributed by atoms with Crippen LogP contribution in [0.25, 0.3) is 0 Å². The highest BCUT2D eigenvalue weighted by atomic mass is 16.3. The molecule has 0 unspecified atom stereocenters. The molecule has 1 aliphatic carbocycles. The highest BCUT2D eigenvalue weighted by molar-refractivity contribution is 5.57. The third kappa shape index (κ3) is 4.06. The van der Waals surface area contributed by atoms with Crippen LogP contribution in [0.3, 0.4) is 0 Å². The molecule has 0 saturated heterocycles. The average molecular weight is 292 g/mol. The Bertz CT molecular complexity index is 470. The summed E-state index contributed by atoms with van der Waals surface area (Å²) in [4.78, 5) is 9.14. The summed E-state index contributed by atoms with van der Waals surface area (Å²) in [5.41, 5.74) is 0.428. The number of aromatic nitrogens is 2. The maximum Gasteiger partial charge on any atom is 0.134 e. The van der Waals surface area contributed by atoms with Gasteiger partial charge in [0.1, 0.15) is 17.5 Å². The SMILES string of the molecule is CCCc1nc(NC)c(C)c(NCC2(O)CCCCC2)n1. The molecule has 0 atom stereocenters. The van der Waals surface area contributed by atoms with Gasteiger partial charge in [-0.25, -0.2) is 9.97 Å². The Kier molecular flexibility index (Phi) is 5.39. The van der Waals surface area contributed by atoms with E-state index in [1.807, 2.05) is 14.0 Å². The van der Waals surface area contributed by atoms with E-state index in [0.717, 1.165) is 61.5 Å². The predicted octanol–water partition coefficient (Wildman–Crippen LogP) is 2.89. The van der Waals surface area contributed by atoms with Gasteiger partial charge in [0.05, 0.1) is 5.60 Å². The first kappa shape index (κ1) is 16.0. The van der Waals surface area contributed by atoms with Crippen molar-refractivity contribution in [2.45, 2.75) is 64.4 Å². The summed E-state index contributed by atoms with van der Waals surface area (Å²) in [5, 5.41) is 17.1. The largest absolute Gasteiger partial charge is 0.388 e. The molecule has 0 bridgehead atoms. The van der Waals surface area contributed by atoms with Gasteiger partial charge in [-0.15, -0.1) is 0 Å². The lowest BCUT2D eigenvalue weighted by Gasteiger charge is -2.32. The zero-order chi connectivity index (χ0) is 15.3. The fraction of sp³-hybridized carbons (Fsp3) is 0.750. The standard InChI is InChI=1S/C16H28N4O/c1-4-8-13-19-14(17-3)12(2)15(20-13)18-11-16(21)9-6-5-7-10-16/h21H,4-11H2,1-3H3,(H2,17,18,19,20). The van der Waals surface area contributed by atoms with Gasteiger partial charge in [0.15, 0.2) is 0 Å². The fourth-order valence-electron chi connectivity index (χ4n) is 2.95. The monoisotopic (exact) mass is 292 g/mol. The van der Waals surface area contributed by atoms with E-state index in [9.17, 15) is 5.11 Å². The van der Waals surface area contributed by atoms with E-state index >= 15 is 0 Å². The van der Waals surface area contributed by atoms with Crippen LogP contribution in [0.5, 0.6) is 0 Å². The van der Waals surface area contributed by atoms with Gasteiger partial charge in [-0.1, -0.05) is 26.2 Å². The topological polar surface area (TPSA) is 70.1 Å². The molecule has 5 nitrogen and oxygen atoms in total. The molecule has 0 radical (unpaired) electrons. The molecule has 0 aliphatic heterocycles. The van der Waals surface area contributed by atoms with Gasteiger partial charge in [0.25, 0.3) is 0 Å². The smallest absolute Gasteiger partial charge is 0.134 e. The molecule has 0 amide bonds. The molecule has 0 aromatic carbocycles. The van der Waals surface area contributed by atoms with Gasteiger partial charge in [-0.3, -0.25) is 0 Å². The maximum atomic E-state index is 10.6. The molecular weight excluding hydrogens is 264 g/mol. The average Bonchev–Trinajstić information content (AvgIpc) is 2.48. The van der Waals surface area contributed by atoms with Crippen LogP contribution in [0, 0.1) is 6.92 Å². The molecule has 5 heteroatoms. The highest BCUT2D eigenvalue weighted by Gasteiger charge is 2.29. The van der Waals surface area contributed by atoms with Crippen LogP contribution in [-0.4, -0.2) is 34.3 Å². The number of aryl methyl sites for hydroxylation is 1. The van der Waals surface area contributed by atoms with Gasteiger partial charge >= 0.3 is 0 Å². The van der Waals surface area contributed by atoms with Crippen molar-refractivity contribution in [3.05, 3.63) is 11.4 Å². The van der Waals surface area contributed by atoms with E-state index in [1.54, 1.807) is 0 Å². The van der Waals surface area contributed by atoms with Crippen LogP contribution in [0.2, 0.25) is 0 Å². The maximum absolute atomic E-state index is 10.6. The van der Waals surface area contributed by atoms with Crippen molar-refractivity contribution in [1.29, 1.82) is 0 Å². The second-order valence-electron chi connectivity index (χ2n) is 6.10.